The molecule has 0 aromatic heterocycles. The molecule has 0 unspecified atom stereocenters. The van der Waals surface area contributed by atoms with Crippen LogP contribution in [0, 0.1) is 12.8 Å². The van der Waals surface area contributed by atoms with Gasteiger partial charge < -0.3 is 5.32 Å². The molecule has 2 atom stereocenters. The third-order valence-electron chi connectivity index (χ3n) is 6.60. The molecule has 2 N–H and O–H groups in total. The van der Waals surface area contributed by atoms with Crippen molar-refractivity contribution in [3.8, 4) is 0 Å². The molecule has 0 spiro atoms. The number of anilines is 2. The molecule has 1 aliphatic rings. The van der Waals surface area contributed by atoms with Crippen LogP contribution in [-0.4, -0.2) is 14.5 Å². The first-order chi connectivity index (χ1) is 18.3. The Balaban J connectivity index is 1.41. The number of hydrogen-bond acceptors (Lipinski definition) is 5. The molecule has 0 saturated heterocycles. The monoisotopic (exact) mass is 542 g/mol. The van der Waals surface area contributed by atoms with Crippen molar-refractivity contribution in [2.24, 2.45) is 5.92 Å². The van der Waals surface area contributed by atoms with Crippen molar-refractivity contribution in [3.05, 3.63) is 134 Å². The summed E-state index contributed by atoms with van der Waals surface area (Å²) in [7, 11) is -4.86. The van der Waals surface area contributed by atoms with Crippen molar-refractivity contribution in [1.29, 1.82) is 0 Å². The summed E-state index contributed by atoms with van der Waals surface area (Å²) in [5.41, 5.74) is -0.873. The number of aryl methyl sites for hydroxylation is 1. The predicted molar refractivity (Wildman–Crippen MR) is 156 cm³/mol. The molecular formula is C30H27N2O4PS. The lowest BCUT2D eigenvalue weighted by Crippen LogP contribution is -2.41. The second kappa shape index (κ2) is 10.5. The Morgan fingerprint density at radius 2 is 1.34 bits per heavy atom. The van der Waals surface area contributed by atoms with Crippen molar-refractivity contribution < 1.29 is 8.42 Å². The zero-order valence-electron chi connectivity index (χ0n) is 21.0. The number of allylic oxidation sites excluding steroid dienone is 2. The van der Waals surface area contributed by atoms with E-state index in [1.54, 1.807) is 12.1 Å². The fourth-order valence-electron chi connectivity index (χ4n) is 4.59. The number of benzene rings is 3. The SMILES string of the molecule is Cc1ccc(S(=O)(=O)Nc2c(N[C@H](C)[C@@H]3C=CC=C3P(c3ccccc3)c3ccccc3)c(=O)c2=O)cc1. The highest BCUT2D eigenvalue weighted by atomic mass is 32.2. The molecule has 0 fully saturated rings. The molecule has 0 amide bonds. The lowest BCUT2D eigenvalue weighted by Gasteiger charge is -2.30. The minimum Gasteiger partial charge on any atom is -0.377 e. The van der Waals surface area contributed by atoms with E-state index in [0.29, 0.717) is 0 Å². The van der Waals surface area contributed by atoms with Crippen LogP contribution in [0.4, 0.5) is 11.4 Å². The summed E-state index contributed by atoms with van der Waals surface area (Å²) in [5, 5.41) is 6.79. The lowest BCUT2D eigenvalue weighted by atomic mass is 10.0. The van der Waals surface area contributed by atoms with Crippen LogP contribution in [0.1, 0.15) is 12.5 Å². The largest absolute Gasteiger partial charge is 0.377 e. The maximum absolute atomic E-state index is 12.9. The van der Waals surface area contributed by atoms with Crippen molar-refractivity contribution in [3.63, 3.8) is 0 Å². The van der Waals surface area contributed by atoms with Gasteiger partial charge in [0.15, 0.2) is 0 Å². The molecule has 0 radical (unpaired) electrons. The molecule has 1 aliphatic carbocycles. The average molecular weight is 543 g/mol. The van der Waals surface area contributed by atoms with Crippen LogP contribution in [0.15, 0.2) is 123 Å². The maximum Gasteiger partial charge on any atom is 0.262 e. The Kier molecular flexibility index (Phi) is 7.15. The summed E-state index contributed by atoms with van der Waals surface area (Å²) in [6.07, 6.45) is 6.22. The number of sulfonamides is 1. The Morgan fingerprint density at radius 3 is 1.92 bits per heavy atom. The van der Waals surface area contributed by atoms with E-state index in [1.807, 2.05) is 56.3 Å². The Morgan fingerprint density at radius 1 is 0.789 bits per heavy atom. The molecular weight excluding hydrogens is 515 g/mol. The lowest BCUT2D eigenvalue weighted by molar-refractivity contribution is 0.601. The smallest absolute Gasteiger partial charge is 0.262 e. The molecule has 0 saturated carbocycles. The molecule has 4 aromatic carbocycles. The van der Waals surface area contributed by atoms with Crippen LogP contribution >= 0.6 is 7.92 Å². The molecule has 0 bridgehead atoms. The normalized spacial score (nSPS) is 16.0. The van der Waals surface area contributed by atoms with Crippen molar-refractivity contribution in [1.82, 2.24) is 0 Å². The number of hydrogen-bond donors (Lipinski definition) is 2. The van der Waals surface area contributed by atoms with E-state index in [0.717, 1.165) is 5.56 Å². The van der Waals surface area contributed by atoms with Gasteiger partial charge in [-0.15, -0.1) is 0 Å². The van der Waals surface area contributed by atoms with E-state index >= 15 is 0 Å². The first kappa shape index (κ1) is 25.8. The van der Waals surface area contributed by atoms with Crippen LogP contribution in [-0.2, 0) is 10.0 Å². The van der Waals surface area contributed by atoms with Crippen molar-refractivity contribution in [2.45, 2.75) is 24.8 Å². The number of nitrogens with one attached hydrogen (secondary N) is 2. The third kappa shape index (κ3) is 5.00. The zero-order chi connectivity index (χ0) is 26.9. The Bertz CT molecular complexity index is 1650. The van der Waals surface area contributed by atoms with Gasteiger partial charge in [0, 0.05) is 12.0 Å². The Labute approximate surface area is 223 Å². The van der Waals surface area contributed by atoms with Gasteiger partial charge in [0.2, 0.25) is 0 Å². The third-order valence-corrected chi connectivity index (χ3v) is 10.6. The fraction of sp³-hybridized carbons (Fsp3) is 0.133. The molecule has 0 heterocycles. The van der Waals surface area contributed by atoms with Gasteiger partial charge in [0.1, 0.15) is 11.4 Å². The van der Waals surface area contributed by atoms with Crippen LogP contribution < -0.4 is 31.5 Å². The van der Waals surface area contributed by atoms with Gasteiger partial charge in [0.05, 0.1) is 4.90 Å². The second-order valence-corrected chi connectivity index (χ2v) is 13.2. The molecule has 5 rings (SSSR count). The highest BCUT2D eigenvalue weighted by molar-refractivity contribution is 7.92. The van der Waals surface area contributed by atoms with Gasteiger partial charge in [0.25, 0.3) is 20.9 Å². The molecule has 6 nitrogen and oxygen atoms in total. The topological polar surface area (TPSA) is 92.3 Å². The minimum absolute atomic E-state index is 0.00147. The first-order valence-corrected chi connectivity index (χ1v) is 15.1. The van der Waals surface area contributed by atoms with Crippen molar-refractivity contribution >= 4 is 39.9 Å². The molecule has 38 heavy (non-hydrogen) atoms. The van der Waals surface area contributed by atoms with E-state index in [2.05, 4.69) is 46.5 Å². The average Bonchev–Trinajstić information content (AvgIpc) is 3.41. The van der Waals surface area contributed by atoms with Gasteiger partial charge in [-0.2, -0.15) is 0 Å². The summed E-state index contributed by atoms with van der Waals surface area (Å²) >= 11 is 0. The van der Waals surface area contributed by atoms with Gasteiger partial charge in [-0.3, -0.25) is 14.3 Å². The van der Waals surface area contributed by atoms with Crippen LogP contribution in [0.25, 0.3) is 0 Å². The van der Waals surface area contributed by atoms with E-state index < -0.39 is 28.8 Å². The number of rotatable bonds is 9. The van der Waals surface area contributed by atoms with E-state index in [-0.39, 0.29) is 28.2 Å². The van der Waals surface area contributed by atoms with Crippen LogP contribution in [0.2, 0.25) is 0 Å². The summed E-state index contributed by atoms with van der Waals surface area (Å²) in [5.74, 6) is -0.0625. The van der Waals surface area contributed by atoms with Gasteiger partial charge in [-0.25, -0.2) is 8.42 Å². The van der Waals surface area contributed by atoms with Crippen LogP contribution in [0.3, 0.4) is 0 Å². The fourth-order valence-corrected chi connectivity index (χ4v) is 8.34. The van der Waals surface area contributed by atoms with E-state index in [1.165, 1.54) is 28.1 Å². The van der Waals surface area contributed by atoms with Gasteiger partial charge in [-0.05, 0) is 49.8 Å². The first-order valence-electron chi connectivity index (χ1n) is 12.2. The quantitative estimate of drug-likeness (QED) is 0.242. The molecule has 8 heteroatoms. The molecule has 0 aliphatic heterocycles. The maximum atomic E-state index is 12.9. The summed E-state index contributed by atoms with van der Waals surface area (Å²) in [4.78, 5) is 24.9. The van der Waals surface area contributed by atoms with E-state index in [9.17, 15) is 18.0 Å². The van der Waals surface area contributed by atoms with Gasteiger partial charge in [-0.1, -0.05) is 96.6 Å². The highest BCUT2D eigenvalue weighted by Crippen LogP contribution is 2.50. The van der Waals surface area contributed by atoms with Gasteiger partial charge >= 0.3 is 0 Å². The molecule has 4 aromatic rings. The molecule has 192 valence electrons. The highest BCUT2D eigenvalue weighted by Gasteiger charge is 2.32. The van der Waals surface area contributed by atoms with Crippen molar-refractivity contribution in [2.75, 3.05) is 10.0 Å². The zero-order valence-corrected chi connectivity index (χ0v) is 22.7. The summed E-state index contributed by atoms with van der Waals surface area (Å²) in [6, 6.07) is 26.6. The summed E-state index contributed by atoms with van der Waals surface area (Å²) in [6.45, 7) is 3.79. The standard InChI is InChI=1S/C30H27N2O4PS/c1-20-16-18-24(19-17-20)38(35,36)32-28-27(29(33)30(28)34)31-21(2)25-14-9-15-26(25)37(22-10-5-3-6-11-22)23-12-7-4-8-13-23/h3-19,21,25,31-32H,1-2H3/t21-,25+/m1/s1. The van der Waals surface area contributed by atoms with Crippen LogP contribution in [0.5, 0.6) is 0 Å². The predicted octanol–water partition coefficient (Wildman–Crippen LogP) is 4.40. The Hall–Kier alpha value is -3.80. The van der Waals surface area contributed by atoms with E-state index in [4.69, 9.17) is 0 Å². The minimum atomic E-state index is -4.02. The summed E-state index contributed by atoms with van der Waals surface area (Å²) < 4.78 is 28.1. The second-order valence-electron chi connectivity index (χ2n) is 9.27.